The molecule has 2 N–H and O–H groups in total. The van der Waals surface area contributed by atoms with Gasteiger partial charge in [0, 0.05) is 18.1 Å². The monoisotopic (exact) mass is 300 g/mol. The highest BCUT2D eigenvalue weighted by molar-refractivity contribution is 9.10. The lowest BCUT2D eigenvalue weighted by molar-refractivity contribution is -0.122. The number of ether oxygens (including phenoxy) is 1. The van der Waals surface area contributed by atoms with Gasteiger partial charge >= 0.3 is 0 Å². The number of nitrogens with zero attached hydrogens (tertiary/aromatic N) is 1. The van der Waals surface area contributed by atoms with Crippen molar-refractivity contribution in [3.05, 3.63) is 22.7 Å². The van der Waals surface area contributed by atoms with Crippen LogP contribution in [0, 0.1) is 0 Å². The molecule has 0 aliphatic heterocycles. The number of carbonyl (C=O) groups is 1. The fourth-order valence-corrected chi connectivity index (χ4v) is 1.74. The summed E-state index contributed by atoms with van der Waals surface area (Å²) in [6.07, 6.45) is 0.900. The largest absolute Gasteiger partial charge is 0.397 e. The number of likely N-dealkylation sites (N-methyl/N-ethyl adjacent to an activating group) is 1. The van der Waals surface area contributed by atoms with E-state index in [0.29, 0.717) is 18.0 Å². The van der Waals surface area contributed by atoms with Crippen LogP contribution in [0.4, 0.5) is 11.4 Å². The van der Waals surface area contributed by atoms with Crippen LogP contribution in [0.3, 0.4) is 0 Å². The number of hydrogen-bond donors (Lipinski definition) is 1. The average Bonchev–Trinajstić information content (AvgIpc) is 2.28. The number of hydrogen-bond acceptors (Lipinski definition) is 3. The Labute approximate surface area is 110 Å². The molecule has 0 aliphatic rings. The Bertz CT molecular complexity index is 396. The molecule has 0 unspecified atom stereocenters. The predicted molar refractivity (Wildman–Crippen MR) is 73.1 cm³/mol. The number of halogens is 1. The first-order valence-corrected chi connectivity index (χ1v) is 6.25. The average molecular weight is 301 g/mol. The van der Waals surface area contributed by atoms with Crippen LogP contribution in [0.2, 0.25) is 0 Å². The quantitative estimate of drug-likeness (QED) is 0.671. The van der Waals surface area contributed by atoms with Gasteiger partial charge in [-0.2, -0.15) is 0 Å². The van der Waals surface area contributed by atoms with Gasteiger partial charge in [-0.15, -0.1) is 0 Å². The number of carbonyl (C=O) groups excluding carboxylic acids is 1. The molecule has 0 saturated heterocycles. The van der Waals surface area contributed by atoms with E-state index in [0.717, 1.165) is 10.9 Å². The fraction of sp³-hybridized carbons (Fsp3) is 0.417. The lowest BCUT2D eigenvalue weighted by Crippen LogP contribution is -2.30. The van der Waals surface area contributed by atoms with Crippen LogP contribution >= 0.6 is 15.9 Å². The van der Waals surface area contributed by atoms with Crippen LogP contribution in [0.25, 0.3) is 0 Å². The Morgan fingerprint density at radius 3 is 2.82 bits per heavy atom. The second-order valence-electron chi connectivity index (χ2n) is 3.71. The molecular formula is C12H17BrN2O2. The van der Waals surface area contributed by atoms with E-state index in [2.05, 4.69) is 15.9 Å². The van der Waals surface area contributed by atoms with Crippen molar-refractivity contribution in [3.63, 3.8) is 0 Å². The molecule has 0 radical (unpaired) electrons. The minimum atomic E-state index is -0.104. The Morgan fingerprint density at radius 2 is 2.24 bits per heavy atom. The summed E-state index contributed by atoms with van der Waals surface area (Å²) in [5, 5.41) is 0. The first kappa shape index (κ1) is 14.0. The second-order valence-corrected chi connectivity index (χ2v) is 4.62. The van der Waals surface area contributed by atoms with Crippen LogP contribution in [0.1, 0.15) is 13.3 Å². The van der Waals surface area contributed by atoms with Crippen LogP contribution in [-0.2, 0) is 9.53 Å². The molecule has 0 spiro atoms. The molecule has 0 bridgehead atoms. The van der Waals surface area contributed by atoms with Gasteiger partial charge in [-0.25, -0.2) is 0 Å². The van der Waals surface area contributed by atoms with Gasteiger partial charge in [0.25, 0.3) is 5.91 Å². The maximum atomic E-state index is 11.8. The zero-order valence-corrected chi connectivity index (χ0v) is 11.7. The van der Waals surface area contributed by atoms with E-state index in [9.17, 15) is 4.79 Å². The maximum absolute atomic E-state index is 11.8. The van der Waals surface area contributed by atoms with Crippen molar-refractivity contribution >= 4 is 33.2 Å². The number of nitrogen functional groups attached to an aromatic ring is 1. The predicted octanol–water partition coefficient (Wildman–Crippen LogP) is 2.42. The molecular weight excluding hydrogens is 284 g/mol. The molecule has 1 rings (SSSR count). The topological polar surface area (TPSA) is 55.6 Å². The lowest BCUT2D eigenvalue weighted by atomic mass is 10.2. The molecule has 5 heteroatoms. The van der Waals surface area contributed by atoms with Crippen LogP contribution in [-0.4, -0.2) is 26.2 Å². The Balaban J connectivity index is 2.68. The van der Waals surface area contributed by atoms with Crippen LogP contribution in [0.5, 0.6) is 0 Å². The highest BCUT2D eigenvalue weighted by Crippen LogP contribution is 2.25. The van der Waals surface area contributed by atoms with E-state index < -0.39 is 0 Å². The van der Waals surface area contributed by atoms with Gasteiger partial charge in [-0.3, -0.25) is 4.79 Å². The van der Waals surface area contributed by atoms with Crippen molar-refractivity contribution in [2.24, 2.45) is 0 Å². The normalized spacial score (nSPS) is 10.3. The Hall–Kier alpha value is -1.07. The third-order valence-electron chi connectivity index (χ3n) is 2.30. The molecule has 0 saturated carbocycles. The Kier molecular flexibility index (Phi) is 5.44. The maximum Gasteiger partial charge on any atom is 0.252 e. The van der Waals surface area contributed by atoms with Gasteiger partial charge in [-0.1, -0.05) is 22.9 Å². The summed E-state index contributed by atoms with van der Waals surface area (Å²) < 4.78 is 6.10. The molecule has 1 aromatic carbocycles. The Morgan fingerprint density at radius 1 is 1.53 bits per heavy atom. The number of amides is 1. The van der Waals surface area contributed by atoms with Gasteiger partial charge in [0.05, 0.1) is 11.4 Å². The van der Waals surface area contributed by atoms with Crippen molar-refractivity contribution < 1.29 is 9.53 Å². The van der Waals surface area contributed by atoms with E-state index in [1.54, 1.807) is 19.2 Å². The SMILES string of the molecule is CCCOCC(=O)N(C)c1ccc(Br)cc1N. The standard InChI is InChI=1S/C12H17BrN2O2/c1-3-6-17-8-12(16)15(2)11-5-4-9(13)7-10(11)14/h4-5,7H,3,6,8,14H2,1-2H3. The number of anilines is 2. The highest BCUT2D eigenvalue weighted by atomic mass is 79.9. The van der Waals surface area contributed by atoms with E-state index in [4.69, 9.17) is 10.5 Å². The molecule has 0 heterocycles. The summed E-state index contributed by atoms with van der Waals surface area (Å²) in [7, 11) is 1.69. The molecule has 1 amide bonds. The van der Waals surface area contributed by atoms with E-state index in [1.165, 1.54) is 4.90 Å². The summed E-state index contributed by atoms with van der Waals surface area (Å²) in [5.41, 5.74) is 7.10. The highest BCUT2D eigenvalue weighted by Gasteiger charge is 2.13. The van der Waals surface area contributed by atoms with Gasteiger partial charge < -0.3 is 15.4 Å². The van der Waals surface area contributed by atoms with Crippen molar-refractivity contribution in [2.75, 3.05) is 30.9 Å². The zero-order chi connectivity index (χ0) is 12.8. The van der Waals surface area contributed by atoms with Crippen LogP contribution < -0.4 is 10.6 Å². The molecule has 0 aliphatic carbocycles. The summed E-state index contributed by atoms with van der Waals surface area (Å²) >= 11 is 3.33. The number of nitrogens with two attached hydrogens (primary N) is 1. The summed E-state index contributed by atoms with van der Waals surface area (Å²) in [6, 6.07) is 5.42. The molecule has 0 atom stereocenters. The molecule has 17 heavy (non-hydrogen) atoms. The summed E-state index contributed by atoms with van der Waals surface area (Å²) in [6.45, 7) is 2.68. The van der Waals surface area contributed by atoms with Gasteiger partial charge in [0.1, 0.15) is 6.61 Å². The first-order valence-electron chi connectivity index (χ1n) is 5.45. The van der Waals surface area contributed by atoms with Crippen molar-refractivity contribution in [3.8, 4) is 0 Å². The van der Waals surface area contributed by atoms with Gasteiger partial charge in [0.2, 0.25) is 0 Å². The fourth-order valence-electron chi connectivity index (χ4n) is 1.37. The zero-order valence-electron chi connectivity index (χ0n) is 10.1. The van der Waals surface area contributed by atoms with E-state index >= 15 is 0 Å². The van der Waals surface area contributed by atoms with Crippen LogP contribution in [0.15, 0.2) is 22.7 Å². The first-order chi connectivity index (χ1) is 8.06. The summed E-state index contributed by atoms with van der Waals surface area (Å²) in [5.74, 6) is -0.104. The molecule has 94 valence electrons. The van der Waals surface area contributed by atoms with Crippen molar-refractivity contribution in [1.29, 1.82) is 0 Å². The van der Waals surface area contributed by atoms with Crippen molar-refractivity contribution in [2.45, 2.75) is 13.3 Å². The van der Waals surface area contributed by atoms with Gasteiger partial charge in [-0.05, 0) is 24.6 Å². The number of rotatable bonds is 5. The third-order valence-corrected chi connectivity index (χ3v) is 2.79. The minimum absolute atomic E-state index is 0.0832. The number of benzene rings is 1. The summed E-state index contributed by atoms with van der Waals surface area (Å²) in [4.78, 5) is 13.3. The molecule has 0 aromatic heterocycles. The van der Waals surface area contributed by atoms with E-state index in [-0.39, 0.29) is 12.5 Å². The minimum Gasteiger partial charge on any atom is -0.397 e. The molecule has 0 fully saturated rings. The smallest absolute Gasteiger partial charge is 0.252 e. The van der Waals surface area contributed by atoms with Gasteiger partial charge in [0.15, 0.2) is 0 Å². The lowest BCUT2D eigenvalue weighted by Gasteiger charge is -2.19. The molecule has 1 aromatic rings. The molecule has 4 nitrogen and oxygen atoms in total. The third kappa shape index (κ3) is 4.02. The van der Waals surface area contributed by atoms with E-state index in [1.807, 2.05) is 13.0 Å². The second kappa shape index (κ2) is 6.61. The van der Waals surface area contributed by atoms with Crippen molar-refractivity contribution in [1.82, 2.24) is 0 Å².